The summed E-state index contributed by atoms with van der Waals surface area (Å²) in [5.41, 5.74) is 1.20. The van der Waals surface area contributed by atoms with Gasteiger partial charge in [-0.05, 0) is 24.3 Å². The predicted octanol–water partition coefficient (Wildman–Crippen LogP) is 3.64. The number of amides is 1. The van der Waals surface area contributed by atoms with Crippen LogP contribution in [-0.4, -0.2) is 24.9 Å². The van der Waals surface area contributed by atoms with Gasteiger partial charge in [-0.3, -0.25) is 4.79 Å². The van der Waals surface area contributed by atoms with E-state index in [0.29, 0.717) is 11.4 Å². The number of halogens is 2. The van der Waals surface area contributed by atoms with Gasteiger partial charge < -0.3 is 14.6 Å². The lowest BCUT2D eigenvalue weighted by atomic mass is 10.1. The SMILES string of the molecule is N#Cc1ccc(C(=O)Nc2ccccc2N2CCC(F)(F)CC2)o1. The number of benzene rings is 1. The lowest BCUT2D eigenvalue weighted by Crippen LogP contribution is -2.39. The number of piperidine rings is 1. The maximum Gasteiger partial charge on any atom is 0.291 e. The van der Waals surface area contributed by atoms with E-state index in [9.17, 15) is 13.6 Å². The van der Waals surface area contributed by atoms with E-state index in [1.165, 1.54) is 12.1 Å². The molecule has 1 fully saturated rings. The van der Waals surface area contributed by atoms with Crippen LogP contribution in [0.1, 0.15) is 29.2 Å². The third-order valence-electron chi connectivity index (χ3n) is 3.93. The van der Waals surface area contributed by atoms with Crippen molar-refractivity contribution in [1.82, 2.24) is 0 Å². The van der Waals surface area contributed by atoms with Crippen LogP contribution in [-0.2, 0) is 0 Å². The Balaban J connectivity index is 1.77. The number of nitrogens with one attached hydrogen (secondary N) is 1. The van der Waals surface area contributed by atoms with Gasteiger partial charge in [0.05, 0.1) is 11.4 Å². The Bertz CT molecular complexity index is 785. The lowest BCUT2D eigenvalue weighted by Gasteiger charge is -2.34. The molecule has 1 aromatic carbocycles. The summed E-state index contributed by atoms with van der Waals surface area (Å²) in [4.78, 5) is 14.1. The van der Waals surface area contributed by atoms with Crippen LogP contribution in [0.25, 0.3) is 0 Å². The largest absolute Gasteiger partial charge is 0.440 e. The minimum atomic E-state index is -2.63. The summed E-state index contributed by atoms with van der Waals surface area (Å²) >= 11 is 0. The molecule has 0 saturated carbocycles. The van der Waals surface area contributed by atoms with Crippen molar-refractivity contribution in [3.05, 3.63) is 47.9 Å². The molecule has 3 rings (SSSR count). The average molecular weight is 331 g/mol. The number of hydrogen-bond acceptors (Lipinski definition) is 4. The van der Waals surface area contributed by atoms with Crippen molar-refractivity contribution in [2.45, 2.75) is 18.8 Å². The number of furan rings is 1. The van der Waals surface area contributed by atoms with E-state index in [-0.39, 0.29) is 37.5 Å². The minimum Gasteiger partial charge on any atom is -0.440 e. The van der Waals surface area contributed by atoms with Gasteiger partial charge in [0.25, 0.3) is 11.8 Å². The number of carbonyl (C=O) groups is 1. The molecule has 24 heavy (non-hydrogen) atoms. The molecule has 2 aromatic rings. The van der Waals surface area contributed by atoms with Gasteiger partial charge in [0, 0.05) is 25.9 Å². The second-order valence-corrected chi connectivity index (χ2v) is 5.59. The van der Waals surface area contributed by atoms with Gasteiger partial charge in [-0.15, -0.1) is 0 Å². The highest BCUT2D eigenvalue weighted by Crippen LogP contribution is 2.33. The van der Waals surface area contributed by atoms with Crippen LogP contribution in [0.15, 0.2) is 40.8 Å². The molecule has 1 saturated heterocycles. The third kappa shape index (κ3) is 3.38. The number of para-hydroxylation sites is 2. The third-order valence-corrected chi connectivity index (χ3v) is 3.93. The Hall–Kier alpha value is -2.88. The van der Waals surface area contributed by atoms with Crippen LogP contribution in [0.5, 0.6) is 0 Å². The molecule has 1 aliphatic heterocycles. The summed E-state index contributed by atoms with van der Waals surface area (Å²) in [7, 11) is 0. The lowest BCUT2D eigenvalue weighted by molar-refractivity contribution is -0.0220. The van der Waals surface area contributed by atoms with Gasteiger partial charge in [0.15, 0.2) is 5.76 Å². The number of alkyl halides is 2. The quantitative estimate of drug-likeness (QED) is 0.932. The first-order chi connectivity index (χ1) is 11.5. The fourth-order valence-corrected chi connectivity index (χ4v) is 2.63. The zero-order valence-electron chi connectivity index (χ0n) is 12.8. The zero-order valence-corrected chi connectivity index (χ0v) is 12.8. The molecule has 0 unspecified atom stereocenters. The van der Waals surface area contributed by atoms with Crippen molar-refractivity contribution in [3.8, 4) is 6.07 Å². The van der Waals surface area contributed by atoms with E-state index in [0.717, 1.165) is 0 Å². The number of hydrogen-bond donors (Lipinski definition) is 1. The van der Waals surface area contributed by atoms with Crippen LogP contribution < -0.4 is 10.2 Å². The monoisotopic (exact) mass is 331 g/mol. The Morgan fingerprint density at radius 1 is 1.21 bits per heavy atom. The highest BCUT2D eigenvalue weighted by Gasteiger charge is 2.34. The average Bonchev–Trinajstić information content (AvgIpc) is 3.05. The Morgan fingerprint density at radius 3 is 2.58 bits per heavy atom. The molecule has 0 aliphatic carbocycles. The van der Waals surface area contributed by atoms with Crippen LogP contribution in [0.4, 0.5) is 20.2 Å². The molecule has 7 heteroatoms. The van der Waals surface area contributed by atoms with Crippen LogP contribution in [0, 0.1) is 11.3 Å². The van der Waals surface area contributed by atoms with Gasteiger partial charge in [-0.25, -0.2) is 8.78 Å². The molecular formula is C17H15F2N3O2. The first-order valence-corrected chi connectivity index (χ1v) is 7.52. The van der Waals surface area contributed by atoms with E-state index in [1.54, 1.807) is 24.3 Å². The molecular weight excluding hydrogens is 316 g/mol. The topological polar surface area (TPSA) is 69.3 Å². The predicted molar refractivity (Wildman–Crippen MR) is 84.2 cm³/mol. The second-order valence-electron chi connectivity index (χ2n) is 5.59. The second kappa shape index (κ2) is 6.32. The van der Waals surface area contributed by atoms with Crippen LogP contribution >= 0.6 is 0 Å². The number of carbonyl (C=O) groups excluding carboxylic acids is 1. The molecule has 1 amide bonds. The Kier molecular flexibility index (Phi) is 4.21. The molecule has 1 N–H and O–H groups in total. The van der Waals surface area contributed by atoms with Crippen molar-refractivity contribution in [2.75, 3.05) is 23.3 Å². The highest BCUT2D eigenvalue weighted by atomic mass is 19.3. The van der Waals surface area contributed by atoms with Crippen LogP contribution in [0.3, 0.4) is 0 Å². The maximum atomic E-state index is 13.3. The van der Waals surface area contributed by atoms with Gasteiger partial charge in [-0.2, -0.15) is 5.26 Å². The zero-order chi connectivity index (χ0) is 17.2. The van der Waals surface area contributed by atoms with Crippen molar-refractivity contribution in [2.24, 2.45) is 0 Å². The first-order valence-electron chi connectivity index (χ1n) is 7.52. The van der Waals surface area contributed by atoms with E-state index >= 15 is 0 Å². The fourth-order valence-electron chi connectivity index (χ4n) is 2.63. The Morgan fingerprint density at radius 2 is 1.92 bits per heavy atom. The minimum absolute atomic E-state index is 0.0199. The summed E-state index contributed by atoms with van der Waals surface area (Å²) < 4.78 is 31.7. The van der Waals surface area contributed by atoms with Crippen molar-refractivity contribution >= 4 is 17.3 Å². The summed E-state index contributed by atoms with van der Waals surface area (Å²) in [6.07, 6.45) is -0.419. The molecule has 1 aliphatic rings. The number of nitrogens with zero attached hydrogens (tertiary/aromatic N) is 2. The number of nitriles is 1. The summed E-state index contributed by atoms with van der Waals surface area (Å²) in [5.74, 6) is -3.05. The fraction of sp³-hybridized carbons (Fsp3) is 0.294. The van der Waals surface area contributed by atoms with Crippen molar-refractivity contribution < 1.29 is 18.0 Å². The van der Waals surface area contributed by atoms with Crippen molar-refractivity contribution in [3.63, 3.8) is 0 Å². The summed E-state index contributed by atoms with van der Waals surface area (Å²) in [5, 5.41) is 11.4. The molecule has 0 spiro atoms. The molecule has 1 aromatic heterocycles. The molecule has 0 radical (unpaired) electrons. The van der Waals surface area contributed by atoms with E-state index < -0.39 is 11.8 Å². The van der Waals surface area contributed by atoms with Gasteiger partial charge in [0.1, 0.15) is 6.07 Å². The molecule has 0 bridgehead atoms. The number of rotatable bonds is 3. The van der Waals surface area contributed by atoms with E-state index in [2.05, 4.69) is 5.32 Å². The van der Waals surface area contributed by atoms with Crippen molar-refractivity contribution in [1.29, 1.82) is 5.26 Å². The molecule has 5 nitrogen and oxygen atoms in total. The molecule has 2 heterocycles. The van der Waals surface area contributed by atoms with E-state index in [4.69, 9.17) is 9.68 Å². The van der Waals surface area contributed by atoms with E-state index in [1.807, 2.05) is 11.0 Å². The van der Waals surface area contributed by atoms with Crippen LogP contribution in [0.2, 0.25) is 0 Å². The standard InChI is InChI=1S/C17H15F2N3O2/c18-17(19)7-9-22(10-8-17)14-4-2-1-3-13(14)21-16(23)15-6-5-12(11-20)24-15/h1-6H,7-10H2,(H,21,23). The Labute approximate surface area is 137 Å². The smallest absolute Gasteiger partial charge is 0.291 e. The summed E-state index contributed by atoms with van der Waals surface area (Å²) in [6, 6.07) is 11.7. The number of anilines is 2. The van der Waals surface area contributed by atoms with Gasteiger partial charge in [0.2, 0.25) is 5.76 Å². The normalized spacial score (nSPS) is 16.5. The molecule has 124 valence electrons. The maximum absolute atomic E-state index is 13.3. The summed E-state index contributed by atoms with van der Waals surface area (Å²) in [6.45, 7) is 0.443. The van der Waals surface area contributed by atoms with Gasteiger partial charge in [-0.1, -0.05) is 12.1 Å². The highest BCUT2D eigenvalue weighted by molar-refractivity contribution is 6.04. The first kappa shape index (κ1) is 16.0. The van der Waals surface area contributed by atoms with Gasteiger partial charge >= 0.3 is 0 Å². The molecule has 0 atom stereocenters.